The van der Waals surface area contributed by atoms with Gasteiger partial charge in [0, 0.05) is 23.2 Å². The number of aromatic nitrogens is 1. The second kappa shape index (κ2) is 6.56. The zero-order chi connectivity index (χ0) is 19.3. The van der Waals surface area contributed by atoms with Crippen molar-refractivity contribution in [3.05, 3.63) is 45.2 Å². The average molecular weight is 401 g/mol. The van der Waals surface area contributed by atoms with Crippen LogP contribution in [-0.2, 0) is 22.0 Å². The largest absolute Gasteiger partial charge is 0.320 e. The van der Waals surface area contributed by atoms with Crippen molar-refractivity contribution in [2.45, 2.75) is 57.4 Å². The molecule has 1 aliphatic carbocycles. The maximum absolute atomic E-state index is 14.0. The molecule has 1 aromatic heterocycles. The minimum atomic E-state index is -4.27. The molecular formula is C18H22F2N2O2S2. The Kier molecular flexibility index (Phi) is 4.85. The number of thiazole rings is 1. The second-order valence-corrected chi connectivity index (χ2v) is 10.3. The van der Waals surface area contributed by atoms with E-state index >= 15 is 0 Å². The molecule has 4 nitrogen and oxygen atoms in total. The summed E-state index contributed by atoms with van der Waals surface area (Å²) in [5.74, 6) is -1.43. The van der Waals surface area contributed by atoms with Crippen LogP contribution < -0.4 is 4.80 Å². The Morgan fingerprint density at radius 3 is 2.46 bits per heavy atom. The standard InChI is InChI=1S/C18H22F2N2O2S2/c1-11-16(18(2,3)4)25-17(22(11)10-12-5-6-12)21-26(23,24)15-8-7-13(19)9-14(15)20/h7-9,12H,5-6,10H2,1-4H3/b21-17-. The summed E-state index contributed by atoms with van der Waals surface area (Å²) in [6, 6.07) is 2.39. The smallest absolute Gasteiger partial charge is 0.287 e. The lowest BCUT2D eigenvalue weighted by Crippen LogP contribution is -2.20. The maximum atomic E-state index is 14.0. The van der Waals surface area contributed by atoms with Crippen LogP contribution in [0.3, 0.4) is 0 Å². The lowest BCUT2D eigenvalue weighted by molar-refractivity contribution is 0.547. The zero-order valence-corrected chi connectivity index (χ0v) is 16.8. The van der Waals surface area contributed by atoms with Gasteiger partial charge < -0.3 is 4.57 Å². The Morgan fingerprint density at radius 2 is 1.92 bits per heavy atom. The number of rotatable bonds is 4. The molecule has 3 rings (SSSR count). The first-order valence-electron chi connectivity index (χ1n) is 8.46. The van der Waals surface area contributed by atoms with Crippen LogP contribution in [0.5, 0.6) is 0 Å². The molecule has 0 N–H and O–H groups in total. The Balaban J connectivity index is 2.17. The number of nitrogens with zero attached hydrogens (tertiary/aromatic N) is 2. The van der Waals surface area contributed by atoms with Gasteiger partial charge >= 0.3 is 0 Å². The molecule has 1 aromatic carbocycles. The van der Waals surface area contributed by atoms with E-state index in [9.17, 15) is 17.2 Å². The molecule has 0 unspecified atom stereocenters. The first-order valence-corrected chi connectivity index (χ1v) is 10.7. The van der Waals surface area contributed by atoms with Crippen molar-refractivity contribution in [3.63, 3.8) is 0 Å². The van der Waals surface area contributed by atoms with E-state index < -0.39 is 26.6 Å². The zero-order valence-electron chi connectivity index (χ0n) is 15.2. The molecule has 1 saturated carbocycles. The van der Waals surface area contributed by atoms with Gasteiger partial charge in [-0.25, -0.2) is 8.78 Å². The van der Waals surface area contributed by atoms with Crippen LogP contribution in [-0.4, -0.2) is 13.0 Å². The molecular weight excluding hydrogens is 378 g/mol. The van der Waals surface area contributed by atoms with Crippen LogP contribution in [0.25, 0.3) is 0 Å². The van der Waals surface area contributed by atoms with Crippen molar-refractivity contribution in [1.82, 2.24) is 4.57 Å². The highest BCUT2D eigenvalue weighted by atomic mass is 32.2. The van der Waals surface area contributed by atoms with Crippen LogP contribution in [0.1, 0.15) is 44.2 Å². The molecule has 26 heavy (non-hydrogen) atoms. The summed E-state index contributed by atoms with van der Waals surface area (Å²) in [6.45, 7) is 8.85. The van der Waals surface area contributed by atoms with Crippen LogP contribution in [0.15, 0.2) is 27.5 Å². The van der Waals surface area contributed by atoms with Gasteiger partial charge in [0.25, 0.3) is 10.0 Å². The Morgan fingerprint density at radius 1 is 1.27 bits per heavy atom. The number of hydrogen-bond donors (Lipinski definition) is 0. The first kappa shape index (κ1) is 19.2. The number of sulfonamides is 1. The van der Waals surface area contributed by atoms with E-state index in [2.05, 4.69) is 25.2 Å². The summed E-state index contributed by atoms with van der Waals surface area (Å²) in [4.78, 5) is 0.773. The van der Waals surface area contributed by atoms with Gasteiger partial charge in [-0.05, 0) is 43.2 Å². The topological polar surface area (TPSA) is 51.4 Å². The molecule has 0 bridgehead atoms. The van der Waals surface area contributed by atoms with Crippen molar-refractivity contribution in [1.29, 1.82) is 0 Å². The van der Waals surface area contributed by atoms with E-state index in [-0.39, 0.29) is 5.41 Å². The van der Waals surface area contributed by atoms with Crippen LogP contribution >= 0.6 is 11.3 Å². The highest BCUT2D eigenvalue weighted by Crippen LogP contribution is 2.33. The van der Waals surface area contributed by atoms with Crippen molar-refractivity contribution in [2.75, 3.05) is 0 Å². The average Bonchev–Trinajstić information content (AvgIpc) is 3.25. The molecule has 0 aliphatic heterocycles. The van der Waals surface area contributed by atoms with E-state index in [4.69, 9.17) is 0 Å². The fraction of sp³-hybridized carbons (Fsp3) is 0.500. The SMILES string of the molecule is Cc1c(C(C)(C)C)s/c(=N\S(=O)(=O)c2ccc(F)cc2F)n1CC1CC1. The highest BCUT2D eigenvalue weighted by molar-refractivity contribution is 7.90. The molecule has 0 atom stereocenters. The fourth-order valence-corrected chi connectivity index (χ4v) is 5.32. The van der Waals surface area contributed by atoms with E-state index in [1.54, 1.807) is 0 Å². The molecule has 0 saturated heterocycles. The highest BCUT2D eigenvalue weighted by Gasteiger charge is 2.28. The Bertz CT molecular complexity index is 1010. The lowest BCUT2D eigenvalue weighted by Gasteiger charge is -2.17. The van der Waals surface area contributed by atoms with Crippen molar-refractivity contribution in [3.8, 4) is 0 Å². The van der Waals surface area contributed by atoms with Gasteiger partial charge in [-0.2, -0.15) is 8.42 Å². The predicted molar refractivity (Wildman–Crippen MR) is 97.6 cm³/mol. The Hall–Kier alpha value is -1.54. The minimum absolute atomic E-state index is 0.154. The Labute approximate surface area is 156 Å². The molecule has 2 aromatic rings. The molecule has 1 fully saturated rings. The minimum Gasteiger partial charge on any atom is -0.320 e. The van der Waals surface area contributed by atoms with Gasteiger partial charge in [0.2, 0.25) is 4.80 Å². The van der Waals surface area contributed by atoms with E-state index in [1.807, 2.05) is 11.5 Å². The van der Waals surface area contributed by atoms with Gasteiger partial charge in [-0.1, -0.05) is 20.8 Å². The molecule has 0 spiro atoms. The molecule has 1 heterocycles. The molecule has 0 radical (unpaired) electrons. The number of halogens is 2. The van der Waals surface area contributed by atoms with Crippen LogP contribution in [0, 0.1) is 24.5 Å². The van der Waals surface area contributed by atoms with Gasteiger partial charge in [-0.15, -0.1) is 15.7 Å². The second-order valence-electron chi connectivity index (χ2n) is 7.74. The summed E-state index contributed by atoms with van der Waals surface area (Å²) in [6.07, 6.45) is 2.23. The van der Waals surface area contributed by atoms with Gasteiger partial charge in [0.05, 0.1) is 0 Å². The summed E-state index contributed by atoms with van der Waals surface area (Å²) >= 11 is 1.31. The van der Waals surface area contributed by atoms with Gasteiger partial charge in [0.1, 0.15) is 16.5 Å². The fourth-order valence-electron chi connectivity index (χ4n) is 2.86. The third-order valence-corrected chi connectivity index (χ3v) is 7.37. The molecule has 8 heteroatoms. The van der Waals surface area contributed by atoms with Gasteiger partial charge in [0.15, 0.2) is 0 Å². The first-order chi connectivity index (χ1) is 12.0. The van der Waals surface area contributed by atoms with Crippen molar-refractivity contribution in [2.24, 2.45) is 10.3 Å². The molecule has 142 valence electrons. The van der Waals surface area contributed by atoms with Gasteiger partial charge in [-0.3, -0.25) is 0 Å². The normalized spacial score (nSPS) is 16.3. The van der Waals surface area contributed by atoms with Crippen molar-refractivity contribution >= 4 is 21.4 Å². The summed E-state index contributed by atoms with van der Waals surface area (Å²) in [5, 5.41) is 0. The lowest BCUT2D eigenvalue weighted by atomic mass is 9.93. The maximum Gasteiger partial charge on any atom is 0.287 e. The van der Waals surface area contributed by atoms with Crippen LogP contribution in [0.2, 0.25) is 0 Å². The third-order valence-electron chi connectivity index (χ3n) is 4.35. The summed E-state index contributed by atoms with van der Waals surface area (Å²) < 4.78 is 58.1. The van der Waals surface area contributed by atoms with Crippen molar-refractivity contribution < 1.29 is 17.2 Å². The molecule has 1 aliphatic rings. The third kappa shape index (κ3) is 3.91. The number of benzene rings is 1. The van der Waals surface area contributed by atoms with Crippen LogP contribution in [0.4, 0.5) is 8.78 Å². The predicted octanol–water partition coefficient (Wildman–Crippen LogP) is 4.13. The summed E-state index contributed by atoms with van der Waals surface area (Å²) in [5.41, 5.74) is 0.835. The summed E-state index contributed by atoms with van der Waals surface area (Å²) in [7, 11) is -4.27. The van der Waals surface area contributed by atoms with E-state index in [0.29, 0.717) is 23.3 Å². The van der Waals surface area contributed by atoms with E-state index in [0.717, 1.165) is 35.5 Å². The van der Waals surface area contributed by atoms with E-state index in [1.165, 1.54) is 11.3 Å². The number of hydrogen-bond acceptors (Lipinski definition) is 3. The monoisotopic (exact) mass is 400 g/mol. The quantitative estimate of drug-likeness (QED) is 0.775. The molecule has 0 amide bonds.